The number of hydrogen-bond donors (Lipinski definition) is 12. The Labute approximate surface area is 356 Å². The molecule has 7 rings (SSSR count). The van der Waals surface area contributed by atoms with Crippen LogP contribution in [0.5, 0.6) is 0 Å². The van der Waals surface area contributed by atoms with E-state index in [0.717, 1.165) is 0 Å². The summed E-state index contributed by atoms with van der Waals surface area (Å²) in [4.78, 5) is 70.4. The van der Waals surface area contributed by atoms with Gasteiger partial charge >= 0.3 is 0 Å². The molecule has 15 atom stereocenters. The summed E-state index contributed by atoms with van der Waals surface area (Å²) in [7, 11) is -3.28. The lowest BCUT2D eigenvalue weighted by Crippen LogP contribution is -2.60. The Bertz CT molecular complexity index is 2040. The monoisotopic (exact) mass is 890 g/mol. The largest absolute Gasteiger partial charge is 0.432 e. The van der Waals surface area contributed by atoms with Crippen LogP contribution >= 0.6 is 0 Å². The lowest BCUT2D eigenvalue weighted by atomic mass is 9.82. The molecule has 0 bridgehead atoms. The van der Waals surface area contributed by atoms with Crippen LogP contribution in [0.4, 0.5) is 17.1 Å². The third-order valence-electron chi connectivity index (χ3n) is 12.8. The number of ether oxygens (including phenoxy) is 3. The maximum absolute atomic E-state index is 15.2. The van der Waals surface area contributed by atoms with Gasteiger partial charge in [0.2, 0.25) is 5.91 Å². The van der Waals surface area contributed by atoms with Gasteiger partial charge in [-0.2, -0.15) is 0 Å². The van der Waals surface area contributed by atoms with Crippen molar-refractivity contribution < 1.29 is 84.1 Å². The number of carbonyl (C=O) groups excluding carboxylic acids is 4. The van der Waals surface area contributed by atoms with Gasteiger partial charge in [-0.1, -0.05) is 19.1 Å². The zero-order chi connectivity index (χ0) is 45.2. The molecule has 12 N–H and O–H groups in total. The van der Waals surface area contributed by atoms with E-state index < -0.39 is 111 Å². The number of nitrogens with one attached hydrogen (secondary N) is 2. The van der Waals surface area contributed by atoms with E-state index in [0.29, 0.717) is 30.6 Å². The molecule has 21 nitrogen and oxygen atoms in total. The zero-order valence-electron chi connectivity index (χ0n) is 34.1. The van der Waals surface area contributed by atoms with Crippen LogP contribution in [0.15, 0.2) is 42.5 Å². The van der Waals surface area contributed by atoms with Crippen LogP contribution in [-0.2, 0) is 45.5 Å². The molecule has 4 saturated heterocycles. The molecule has 62 heavy (non-hydrogen) atoms. The van der Waals surface area contributed by atoms with Gasteiger partial charge in [-0.15, -0.1) is 0 Å². The van der Waals surface area contributed by atoms with Gasteiger partial charge in [0.05, 0.1) is 37.4 Å². The molecule has 4 amide bonds. The molecule has 5 aliphatic rings. The van der Waals surface area contributed by atoms with Crippen molar-refractivity contribution in [1.82, 2.24) is 4.90 Å². The van der Waals surface area contributed by atoms with Crippen LogP contribution in [0.1, 0.15) is 37.3 Å². The van der Waals surface area contributed by atoms with Crippen LogP contribution in [0.2, 0.25) is 18.6 Å². The highest BCUT2D eigenvalue weighted by atomic mass is 28.4. The second-order valence-electron chi connectivity index (χ2n) is 17.3. The van der Waals surface area contributed by atoms with E-state index in [2.05, 4.69) is 10.6 Å². The first-order valence-corrected chi connectivity index (χ1v) is 23.4. The van der Waals surface area contributed by atoms with Gasteiger partial charge in [-0.05, 0) is 61.8 Å². The predicted molar refractivity (Wildman–Crippen MR) is 215 cm³/mol. The lowest BCUT2D eigenvalue weighted by Gasteiger charge is -2.37. The molecule has 4 fully saturated rings. The number of anilines is 3. The highest BCUT2D eigenvalue weighted by Gasteiger charge is 2.66. The number of aliphatic hydroxyl groups is 9. The maximum Gasteiger partial charge on any atom is 0.264 e. The molecule has 5 heterocycles. The van der Waals surface area contributed by atoms with E-state index in [1.54, 1.807) is 37.1 Å². The zero-order valence-corrected chi connectivity index (χ0v) is 35.1. The third kappa shape index (κ3) is 8.17. The number of hydrogen-bond acceptors (Lipinski definition) is 17. The predicted octanol–water partition coefficient (Wildman–Crippen LogP) is -3.12. The van der Waals surface area contributed by atoms with Gasteiger partial charge in [0, 0.05) is 34.9 Å². The number of carbonyl (C=O) groups is 4. The van der Waals surface area contributed by atoms with Crippen molar-refractivity contribution >= 4 is 49.0 Å². The Morgan fingerprint density at radius 2 is 1.40 bits per heavy atom. The van der Waals surface area contributed by atoms with E-state index in [4.69, 9.17) is 14.2 Å². The standard InChI is InChI=1S/C40H54N4O17Si/c1-17-34(62(2,3)58)24(14-25(46)43-11-5-8-21(43)16-45)61-40(17)22-13-20(42-36(54)33-29(50)27(48)31(52)38(56)60-33)9-10-23(22)44(39(40)57)15-18-6-4-7-19(12-18)41-35(53)32-28(49)26(47)30(51)37(55)59-32/h4,6-7,9-10,12-13,17,21,24,26-34,37-38,45,47-52,55-56,58H,5,8,11,14-16H2,1-3H3,(H,41,53)(H,42,54)/t17-,21+,24+,26+,27+,28+,29+,30-,31-,32+,33+,34-,37-,38-,40+/m1/s1. The quantitative estimate of drug-likeness (QED) is 0.105. The minimum Gasteiger partial charge on any atom is -0.432 e. The second-order valence-corrected chi connectivity index (χ2v) is 21.2. The van der Waals surface area contributed by atoms with E-state index in [1.807, 2.05) is 0 Å². The van der Waals surface area contributed by atoms with Crippen LogP contribution in [0, 0.1) is 5.92 Å². The van der Waals surface area contributed by atoms with E-state index >= 15 is 4.79 Å². The molecule has 2 aromatic carbocycles. The van der Waals surface area contributed by atoms with Gasteiger partial charge in [0.25, 0.3) is 17.7 Å². The molecule has 22 heteroatoms. The number of fused-ring (bicyclic) bond motifs is 2. The van der Waals surface area contributed by atoms with Crippen molar-refractivity contribution in [3.63, 3.8) is 0 Å². The minimum atomic E-state index is -3.28. The molecular weight excluding hydrogens is 837 g/mol. The van der Waals surface area contributed by atoms with Crippen molar-refractivity contribution in [2.45, 2.75) is 131 Å². The Balaban J connectivity index is 1.22. The van der Waals surface area contributed by atoms with E-state index in [9.17, 15) is 65.1 Å². The summed E-state index contributed by atoms with van der Waals surface area (Å²) in [5, 5.41) is 96.0. The Morgan fingerprint density at radius 3 is 1.97 bits per heavy atom. The van der Waals surface area contributed by atoms with E-state index in [1.165, 1.54) is 35.2 Å². The fourth-order valence-electron chi connectivity index (χ4n) is 9.67. The molecule has 1 spiro atoms. The minimum absolute atomic E-state index is 0.0727. The van der Waals surface area contributed by atoms with Crippen molar-refractivity contribution in [3.8, 4) is 0 Å². The molecule has 2 aromatic rings. The number of aliphatic hydroxyl groups excluding tert-OH is 9. The fraction of sp³-hybridized carbons (Fsp3) is 0.600. The van der Waals surface area contributed by atoms with Gasteiger partial charge in [-0.25, -0.2) is 0 Å². The lowest BCUT2D eigenvalue weighted by molar-refractivity contribution is -0.274. The first-order valence-electron chi connectivity index (χ1n) is 20.4. The summed E-state index contributed by atoms with van der Waals surface area (Å²) in [5.74, 6) is -3.60. The van der Waals surface area contributed by atoms with Crippen molar-refractivity contribution in [3.05, 3.63) is 53.6 Å². The van der Waals surface area contributed by atoms with Crippen molar-refractivity contribution in [2.24, 2.45) is 5.92 Å². The fourth-order valence-corrected chi connectivity index (χ4v) is 12.2. The number of amides is 4. The number of rotatable bonds is 10. The highest BCUT2D eigenvalue weighted by Crippen LogP contribution is 2.60. The van der Waals surface area contributed by atoms with Crippen molar-refractivity contribution in [2.75, 3.05) is 28.7 Å². The van der Waals surface area contributed by atoms with E-state index in [-0.39, 0.29) is 48.5 Å². The average molecular weight is 891 g/mol. The van der Waals surface area contributed by atoms with Crippen LogP contribution in [0.25, 0.3) is 0 Å². The average Bonchev–Trinajstić information content (AvgIpc) is 3.89. The molecule has 0 aliphatic carbocycles. The summed E-state index contributed by atoms with van der Waals surface area (Å²) >= 11 is 0. The Kier molecular flexibility index (Phi) is 13.0. The van der Waals surface area contributed by atoms with Gasteiger partial charge < -0.3 is 85.4 Å². The van der Waals surface area contributed by atoms with Crippen LogP contribution in [-0.4, -0.2) is 174 Å². The molecule has 0 aromatic heterocycles. The van der Waals surface area contributed by atoms with Crippen LogP contribution in [0.3, 0.4) is 0 Å². The number of benzene rings is 2. The summed E-state index contributed by atoms with van der Waals surface area (Å²) < 4.78 is 17.0. The Hall–Kier alpha value is -3.98. The summed E-state index contributed by atoms with van der Waals surface area (Å²) in [6, 6.07) is 10.3. The third-order valence-corrected chi connectivity index (χ3v) is 15.3. The van der Waals surface area contributed by atoms with Crippen molar-refractivity contribution in [1.29, 1.82) is 0 Å². The van der Waals surface area contributed by atoms with Crippen LogP contribution < -0.4 is 15.5 Å². The summed E-state index contributed by atoms with van der Waals surface area (Å²) in [5.41, 5.74) is -1.24. The first-order chi connectivity index (χ1) is 29.2. The van der Waals surface area contributed by atoms with Gasteiger partial charge in [0.15, 0.2) is 38.7 Å². The summed E-state index contributed by atoms with van der Waals surface area (Å²) in [6.07, 6.45) is -18.7. The highest BCUT2D eigenvalue weighted by molar-refractivity contribution is 6.71. The smallest absolute Gasteiger partial charge is 0.264 e. The second kappa shape index (κ2) is 17.5. The molecule has 0 saturated carbocycles. The summed E-state index contributed by atoms with van der Waals surface area (Å²) in [6.45, 7) is 5.18. The number of likely N-dealkylation sites (tertiary alicyclic amines) is 1. The molecule has 0 radical (unpaired) electrons. The number of nitrogens with zero attached hydrogens (tertiary/aromatic N) is 2. The van der Waals surface area contributed by atoms with Gasteiger partial charge in [-0.3, -0.25) is 19.2 Å². The molecule has 5 aliphatic heterocycles. The van der Waals surface area contributed by atoms with Gasteiger partial charge in [0.1, 0.15) is 36.6 Å². The molecular formula is C40H54N4O17Si. The normalized spacial score (nSPS) is 37.1. The SMILES string of the molecule is C[C@@H]1[C@@H]([Si](C)(C)O)[C@H](CC(=O)N2CCC[C@H]2CO)O[C@@]12C(=O)N(Cc1cccc(NC(=O)[C@H]3O[C@@H](O)[C@H](O)[C@@H](O)[C@@H]3O)c1)c1ccc(NC(=O)[C@H]3O[C@@H](O)[C@H](O)[C@@H](O)[C@@H]3O)cc12. The first kappa shape index (κ1) is 46.0. The topological polar surface area (TPSA) is 329 Å². The Morgan fingerprint density at radius 1 is 0.823 bits per heavy atom. The molecule has 0 unspecified atom stereocenters. The maximum atomic E-state index is 15.2. The molecule has 340 valence electrons.